The van der Waals surface area contributed by atoms with Crippen molar-refractivity contribution in [3.05, 3.63) is 26.6 Å². The van der Waals surface area contributed by atoms with Gasteiger partial charge in [0.15, 0.2) is 0 Å². The molecule has 1 heterocycles. The van der Waals surface area contributed by atoms with Gasteiger partial charge in [0.05, 0.1) is 0 Å². The zero-order valence-corrected chi connectivity index (χ0v) is 11.9. The maximum Gasteiger partial charge on any atom is 0.0490 e. The molecule has 1 aromatic carbocycles. The predicted molar refractivity (Wildman–Crippen MR) is 75.7 cm³/mol. The molecule has 74 valence electrons. The lowest BCUT2D eigenvalue weighted by atomic mass is 10.2. The third-order valence-corrected chi connectivity index (χ3v) is 5.87. The predicted octanol–water partition coefficient (Wildman–Crippen LogP) is 4.79. The van der Waals surface area contributed by atoms with Crippen molar-refractivity contribution in [1.29, 1.82) is 0 Å². The lowest BCUT2D eigenvalue weighted by Gasteiger charge is -1.97. The van der Waals surface area contributed by atoms with Gasteiger partial charge in [-0.1, -0.05) is 19.1 Å². The number of hydrogen-bond donors (Lipinski definition) is 0. The van der Waals surface area contributed by atoms with E-state index in [4.69, 9.17) is 0 Å². The summed E-state index contributed by atoms with van der Waals surface area (Å²) in [5.74, 6) is 0. The minimum absolute atomic E-state index is 1.14. The van der Waals surface area contributed by atoms with E-state index in [2.05, 4.69) is 54.0 Å². The first-order chi connectivity index (χ1) is 6.77. The molecule has 0 spiro atoms. The highest BCUT2D eigenvalue weighted by Crippen LogP contribution is 2.39. The standard InChI is InChI=1S/C11H11IS2/c1-3-9-11(13-2)7-5-4-6-8(12)10(7)14-9/h4-6H,3H2,1-2H3. The fourth-order valence-electron chi connectivity index (χ4n) is 1.57. The van der Waals surface area contributed by atoms with Crippen LogP contribution in [0.15, 0.2) is 23.1 Å². The molecule has 0 bridgehead atoms. The highest BCUT2D eigenvalue weighted by molar-refractivity contribution is 14.1. The van der Waals surface area contributed by atoms with E-state index >= 15 is 0 Å². The molecular formula is C11H11IS2. The second kappa shape index (κ2) is 4.41. The number of rotatable bonds is 2. The lowest BCUT2D eigenvalue weighted by molar-refractivity contribution is 1.15. The SMILES string of the molecule is CCc1sc2c(I)cccc2c1SC. The van der Waals surface area contributed by atoms with Gasteiger partial charge in [-0.05, 0) is 41.3 Å². The average Bonchev–Trinajstić information content (AvgIpc) is 2.57. The van der Waals surface area contributed by atoms with Crippen LogP contribution in [0.3, 0.4) is 0 Å². The summed E-state index contributed by atoms with van der Waals surface area (Å²) in [4.78, 5) is 3.00. The Labute approximate surface area is 106 Å². The van der Waals surface area contributed by atoms with Crippen LogP contribution in [-0.2, 0) is 6.42 Å². The molecule has 0 radical (unpaired) electrons. The van der Waals surface area contributed by atoms with Crippen molar-refractivity contribution < 1.29 is 0 Å². The van der Waals surface area contributed by atoms with E-state index < -0.39 is 0 Å². The fourth-order valence-corrected chi connectivity index (χ4v) is 4.64. The molecule has 3 heteroatoms. The van der Waals surface area contributed by atoms with Crippen molar-refractivity contribution in [2.45, 2.75) is 18.2 Å². The first kappa shape index (κ1) is 10.8. The van der Waals surface area contributed by atoms with Gasteiger partial charge in [0.1, 0.15) is 0 Å². The zero-order chi connectivity index (χ0) is 10.1. The third-order valence-electron chi connectivity index (χ3n) is 2.22. The summed E-state index contributed by atoms with van der Waals surface area (Å²) in [6.45, 7) is 2.23. The molecule has 0 unspecified atom stereocenters. The largest absolute Gasteiger partial charge is 0.138 e. The van der Waals surface area contributed by atoms with Crippen LogP contribution in [0.1, 0.15) is 11.8 Å². The maximum atomic E-state index is 2.42. The van der Waals surface area contributed by atoms with Gasteiger partial charge in [0.2, 0.25) is 0 Å². The Balaban J connectivity index is 2.79. The molecular weight excluding hydrogens is 323 g/mol. The minimum Gasteiger partial charge on any atom is -0.138 e. The normalized spacial score (nSPS) is 11.1. The molecule has 0 N–H and O–H groups in total. The van der Waals surface area contributed by atoms with Crippen molar-refractivity contribution in [2.24, 2.45) is 0 Å². The van der Waals surface area contributed by atoms with E-state index in [-0.39, 0.29) is 0 Å². The summed E-state index contributed by atoms with van der Waals surface area (Å²) in [6, 6.07) is 6.57. The number of aryl methyl sites for hydroxylation is 1. The van der Waals surface area contributed by atoms with E-state index in [1.165, 1.54) is 23.4 Å². The van der Waals surface area contributed by atoms with Crippen molar-refractivity contribution in [3.63, 3.8) is 0 Å². The van der Waals surface area contributed by atoms with Crippen LogP contribution < -0.4 is 0 Å². The fraction of sp³-hybridized carbons (Fsp3) is 0.273. The average molecular weight is 334 g/mol. The molecule has 0 fully saturated rings. The van der Waals surface area contributed by atoms with Crippen molar-refractivity contribution in [1.82, 2.24) is 0 Å². The van der Waals surface area contributed by atoms with Gasteiger partial charge in [0, 0.05) is 23.4 Å². The number of halogens is 1. The Kier molecular flexibility index (Phi) is 3.39. The second-order valence-electron chi connectivity index (χ2n) is 3.03. The summed E-state index contributed by atoms with van der Waals surface area (Å²) >= 11 is 6.24. The lowest BCUT2D eigenvalue weighted by Crippen LogP contribution is -1.75. The topological polar surface area (TPSA) is 0 Å². The van der Waals surface area contributed by atoms with Crippen LogP contribution in [0.25, 0.3) is 10.1 Å². The van der Waals surface area contributed by atoms with Gasteiger partial charge in [-0.15, -0.1) is 23.1 Å². The molecule has 2 aromatic rings. The summed E-state index contributed by atoms with van der Waals surface area (Å²) in [5.41, 5.74) is 0. The van der Waals surface area contributed by atoms with Gasteiger partial charge in [-0.2, -0.15) is 0 Å². The van der Waals surface area contributed by atoms with Crippen LogP contribution in [-0.4, -0.2) is 6.26 Å². The summed E-state index contributed by atoms with van der Waals surface area (Å²) < 4.78 is 2.83. The van der Waals surface area contributed by atoms with Crippen LogP contribution >= 0.6 is 45.7 Å². The van der Waals surface area contributed by atoms with E-state index in [9.17, 15) is 0 Å². The second-order valence-corrected chi connectivity index (χ2v) is 6.11. The van der Waals surface area contributed by atoms with Crippen LogP contribution in [0, 0.1) is 3.57 Å². The number of hydrogen-bond acceptors (Lipinski definition) is 2. The molecule has 2 rings (SSSR count). The Morgan fingerprint density at radius 1 is 1.43 bits per heavy atom. The molecule has 0 atom stereocenters. The molecule has 14 heavy (non-hydrogen) atoms. The summed E-state index contributed by atoms with van der Waals surface area (Å²) in [6.07, 6.45) is 3.31. The van der Waals surface area contributed by atoms with E-state index in [0.29, 0.717) is 0 Å². The Bertz CT molecular complexity index is 460. The minimum atomic E-state index is 1.14. The van der Waals surface area contributed by atoms with Crippen molar-refractivity contribution in [2.75, 3.05) is 6.26 Å². The summed E-state index contributed by atoms with van der Waals surface area (Å²) in [5, 5.41) is 1.44. The molecule has 0 saturated heterocycles. The quantitative estimate of drug-likeness (QED) is 0.562. The highest BCUT2D eigenvalue weighted by atomic mass is 127. The van der Waals surface area contributed by atoms with Crippen LogP contribution in [0.2, 0.25) is 0 Å². The molecule has 0 saturated carbocycles. The smallest absolute Gasteiger partial charge is 0.0490 e. The van der Waals surface area contributed by atoms with Gasteiger partial charge in [-0.3, -0.25) is 0 Å². The van der Waals surface area contributed by atoms with Crippen molar-refractivity contribution in [3.8, 4) is 0 Å². The maximum absolute atomic E-state index is 2.42. The third kappa shape index (κ3) is 1.70. The molecule has 0 aliphatic rings. The number of fused-ring (bicyclic) bond motifs is 1. The van der Waals surface area contributed by atoms with Crippen LogP contribution in [0.4, 0.5) is 0 Å². The van der Waals surface area contributed by atoms with E-state index in [1.807, 2.05) is 23.1 Å². The molecule has 0 aliphatic heterocycles. The Hall–Kier alpha value is 0.260. The summed E-state index contributed by atoms with van der Waals surface area (Å²) in [7, 11) is 0. The number of thiophene rings is 1. The van der Waals surface area contributed by atoms with Gasteiger partial charge in [0.25, 0.3) is 0 Å². The van der Waals surface area contributed by atoms with Gasteiger partial charge >= 0.3 is 0 Å². The first-order valence-corrected chi connectivity index (χ1v) is 7.63. The first-order valence-electron chi connectivity index (χ1n) is 4.51. The molecule has 0 amide bonds. The Morgan fingerprint density at radius 3 is 2.86 bits per heavy atom. The molecule has 1 aromatic heterocycles. The van der Waals surface area contributed by atoms with E-state index in [1.54, 1.807) is 0 Å². The van der Waals surface area contributed by atoms with Crippen molar-refractivity contribution >= 4 is 55.8 Å². The van der Waals surface area contributed by atoms with Crippen LogP contribution in [0.5, 0.6) is 0 Å². The molecule has 0 aliphatic carbocycles. The van der Waals surface area contributed by atoms with Gasteiger partial charge < -0.3 is 0 Å². The number of benzene rings is 1. The van der Waals surface area contributed by atoms with E-state index in [0.717, 1.165) is 6.42 Å². The monoisotopic (exact) mass is 334 g/mol. The van der Waals surface area contributed by atoms with Gasteiger partial charge in [-0.25, -0.2) is 0 Å². The Morgan fingerprint density at radius 2 is 2.21 bits per heavy atom. The highest BCUT2D eigenvalue weighted by Gasteiger charge is 2.11. The number of thioether (sulfide) groups is 1. The zero-order valence-electron chi connectivity index (χ0n) is 8.13. The molecule has 0 nitrogen and oxygen atoms in total.